The van der Waals surface area contributed by atoms with E-state index in [0.29, 0.717) is 17.5 Å². The second-order valence-corrected chi connectivity index (χ2v) is 5.57. The summed E-state index contributed by atoms with van der Waals surface area (Å²) in [4.78, 5) is 17.7. The van der Waals surface area contributed by atoms with E-state index < -0.39 is 0 Å². The Kier molecular flexibility index (Phi) is 3.09. The molecular weight excluding hydrogens is 272 g/mol. The molecule has 2 heterocycles. The number of rotatable bonds is 5. The fourth-order valence-electron chi connectivity index (χ4n) is 1.81. The van der Waals surface area contributed by atoms with Gasteiger partial charge in [0.15, 0.2) is 16.6 Å². The predicted octanol–water partition coefficient (Wildman–Crippen LogP) is 3.37. The van der Waals surface area contributed by atoms with Crippen LogP contribution in [0.25, 0.3) is 0 Å². The minimum absolute atomic E-state index is 0.287. The minimum atomic E-state index is 0.287. The van der Waals surface area contributed by atoms with E-state index >= 15 is 0 Å². The maximum Gasteiger partial charge on any atom is 0.188 e. The van der Waals surface area contributed by atoms with Gasteiger partial charge in [-0.05, 0) is 25.0 Å². The van der Waals surface area contributed by atoms with Gasteiger partial charge >= 0.3 is 0 Å². The molecule has 1 aliphatic carbocycles. The van der Waals surface area contributed by atoms with E-state index in [-0.39, 0.29) is 5.15 Å². The molecule has 18 heavy (non-hydrogen) atoms. The molecule has 0 atom stereocenters. The van der Waals surface area contributed by atoms with Crippen molar-refractivity contribution in [3.05, 3.63) is 34.2 Å². The van der Waals surface area contributed by atoms with Crippen molar-refractivity contribution in [1.29, 1.82) is 0 Å². The Morgan fingerprint density at radius 2 is 2.44 bits per heavy atom. The van der Waals surface area contributed by atoms with Gasteiger partial charge in [-0.25, -0.2) is 4.98 Å². The Labute approximate surface area is 113 Å². The first-order chi connectivity index (χ1) is 8.78. The fourth-order valence-corrected chi connectivity index (χ4v) is 2.94. The number of nitrogens with zero attached hydrogens (tertiary/aromatic N) is 2. The topological polar surface area (TPSA) is 46.3 Å². The highest BCUT2D eigenvalue weighted by Crippen LogP contribution is 2.37. The standard InChI is InChI=1S/C12H11ClN2O2S/c13-11-10(7-16)18-12(14-11)15(8-3-4-8)6-9-2-1-5-17-9/h1-2,5,7-8H,3-4,6H2. The SMILES string of the molecule is O=Cc1sc(N(Cc2ccco2)C2CC2)nc1Cl. The smallest absolute Gasteiger partial charge is 0.188 e. The van der Waals surface area contributed by atoms with Crippen LogP contribution in [0.3, 0.4) is 0 Å². The summed E-state index contributed by atoms with van der Waals surface area (Å²) in [6.07, 6.45) is 4.70. The molecule has 0 aromatic carbocycles. The Bertz CT molecular complexity index is 548. The van der Waals surface area contributed by atoms with E-state index in [1.165, 1.54) is 11.3 Å². The Morgan fingerprint density at radius 3 is 3.00 bits per heavy atom. The lowest BCUT2D eigenvalue weighted by Gasteiger charge is -2.19. The van der Waals surface area contributed by atoms with Crippen molar-refractivity contribution in [3.63, 3.8) is 0 Å². The number of furan rings is 1. The summed E-state index contributed by atoms with van der Waals surface area (Å²) in [6, 6.07) is 4.29. The van der Waals surface area contributed by atoms with Gasteiger partial charge in [0.05, 0.1) is 12.8 Å². The number of hydrogen-bond donors (Lipinski definition) is 0. The van der Waals surface area contributed by atoms with Crippen LogP contribution >= 0.6 is 22.9 Å². The van der Waals surface area contributed by atoms with Gasteiger partial charge in [0.1, 0.15) is 10.6 Å². The molecule has 2 aromatic heterocycles. The van der Waals surface area contributed by atoms with Crippen molar-refractivity contribution < 1.29 is 9.21 Å². The van der Waals surface area contributed by atoms with Crippen molar-refractivity contribution in [2.24, 2.45) is 0 Å². The molecule has 0 amide bonds. The molecule has 0 spiro atoms. The summed E-state index contributed by atoms with van der Waals surface area (Å²) in [7, 11) is 0. The van der Waals surface area contributed by atoms with Crippen molar-refractivity contribution in [2.45, 2.75) is 25.4 Å². The molecule has 1 saturated carbocycles. The molecular formula is C12H11ClN2O2S. The van der Waals surface area contributed by atoms with Gasteiger partial charge in [-0.3, -0.25) is 4.79 Å². The van der Waals surface area contributed by atoms with Gasteiger partial charge in [-0.1, -0.05) is 22.9 Å². The third-order valence-electron chi connectivity index (χ3n) is 2.85. The van der Waals surface area contributed by atoms with Crippen LogP contribution in [0.5, 0.6) is 0 Å². The normalized spacial score (nSPS) is 14.7. The van der Waals surface area contributed by atoms with Crippen molar-refractivity contribution in [3.8, 4) is 0 Å². The van der Waals surface area contributed by atoms with E-state index in [1.54, 1.807) is 6.26 Å². The molecule has 0 saturated heterocycles. The number of aldehydes is 1. The molecule has 1 aliphatic rings. The molecule has 2 aromatic rings. The molecule has 0 unspecified atom stereocenters. The summed E-state index contributed by atoms with van der Waals surface area (Å²) in [6.45, 7) is 0.666. The number of hydrogen-bond acceptors (Lipinski definition) is 5. The summed E-state index contributed by atoms with van der Waals surface area (Å²) in [5.41, 5.74) is 0. The molecule has 6 heteroatoms. The molecule has 0 N–H and O–H groups in total. The van der Waals surface area contributed by atoms with E-state index in [4.69, 9.17) is 16.0 Å². The highest BCUT2D eigenvalue weighted by molar-refractivity contribution is 7.17. The first kappa shape index (κ1) is 11.7. The zero-order chi connectivity index (χ0) is 12.5. The van der Waals surface area contributed by atoms with Crippen molar-refractivity contribution in [2.75, 3.05) is 4.90 Å². The van der Waals surface area contributed by atoms with E-state index in [0.717, 1.165) is 30.0 Å². The lowest BCUT2D eigenvalue weighted by atomic mass is 10.4. The second-order valence-electron chi connectivity index (χ2n) is 4.21. The van der Waals surface area contributed by atoms with Crippen LogP contribution in [-0.2, 0) is 6.54 Å². The number of thiazole rings is 1. The van der Waals surface area contributed by atoms with Crippen LogP contribution in [0.1, 0.15) is 28.3 Å². The quantitative estimate of drug-likeness (QED) is 0.789. The van der Waals surface area contributed by atoms with Gasteiger partial charge in [0.25, 0.3) is 0 Å². The summed E-state index contributed by atoms with van der Waals surface area (Å²) in [5, 5.41) is 1.08. The second kappa shape index (κ2) is 4.74. The maximum atomic E-state index is 10.8. The molecule has 4 nitrogen and oxygen atoms in total. The Hall–Kier alpha value is -1.33. The predicted molar refractivity (Wildman–Crippen MR) is 70.4 cm³/mol. The number of carbonyl (C=O) groups excluding carboxylic acids is 1. The largest absolute Gasteiger partial charge is 0.467 e. The van der Waals surface area contributed by atoms with Crippen LogP contribution in [0, 0.1) is 0 Å². The average molecular weight is 283 g/mol. The summed E-state index contributed by atoms with van der Waals surface area (Å²) < 4.78 is 5.36. The highest BCUT2D eigenvalue weighted by Gasteiger charge is 2.32. The number of carbonyl (C=O) groups is 1. The third-order valence-corrected chi connectivity index (χ3v) is 4.26. The Morgan fingerprint density at radius 1 is 1.61 bits per heavy atom. The number of anilines is 1. The molecule has 1 fully saturated rings. The fraction of sp³-hybridized carbons (Fsp3) is 0.333. The maximum absolute atomic E-state index is 10.8. The third kappa shape index (κ3) is 2.28. The molecule has 94 valence electrons. The number of halogens is 1. The summed E-state index contributed by atoms with van der Waals surface area (Å²) in [5.74, 6) is 0.890. The van der Waals surface area contributed by atoms with Crippen LogP contribution in [0.4, 0.5) is 5.13 Å². The van der Waals surface area contributed by atoms with E-state index in [2.05, 4.69) is 9.88 Å². The van der Waals surface area contributed by atoms with Gasteiger partial charge < -0.3 is 9.32 Å². The van der Waals surface area contributed by atoms with Gasteiger partial charge in [-0.2, -0.15) is 0 Å². The lowest BCUT2D eigenvalue weighted by molar-refractivity contribution is 0.112. The van der Waals surface area contributed by atoms with E-state index in [9.17, 15) is 4.79 Å². The van der Waals surface area contributed by atoms with Crippen LogP contribution < -0.4 is 4.90 Å². The minimum Gasteiger partial charge on any atom is -0.467 e. The monoisotopic (exact) mass is 282 g/mol. The zero-order valence-corrected chi connectivity index (χ0v) is 11.1. The van der Waals surface area contributed by atoms with Gasteiger partial charge in [0, 0.05) is 6.04 Å². The molecule has 0 radical (unpaired) electrons. The zero-order valence-electron chi connectivity index (χ0n) is 9.51. The Balaban J connectivity index is 1.86. The molecule has 3 rings (SSSR count). The molecule has 0 bridgehead atoms. The van der Waals surface area contributed by atoms with Crippen LogP contribution in [0.2, 0.25) is 5.15 Å². The van der Waals surface area contributed by atoms with Crippen molar-refractivity contribution in [1.82, 2.24) is 4.98 Å². The molecule has 0 aliphatic heterocycles. The van der Waals surface area contributed by atoms with Crippen molar-refractivity contribution >= 4 is 34.4 Å². The van der Waals surface area contributed by atoms with Gasteiger partial charge in [0.2, 0.25) is 0 Å². The number of aromatic nitrogens is 1. The first-order valence-electron chi connectivity index (χ1n) is 5.68. The summed E-state index contributed by atoms with van der Waals surface area (Å²) >= 11 is 7.24. The van der Waals surface area contributed by atoms with Crippen LogP contribution in [0.15, 0.2) is 22.8 Å². The highest BCUT2D eigenvalue weighted by atomic mass is 35.5. The van der Waals surface area contributed by atoms with Gasteiger partial charge in [-0.15, -0.1) is 0 Å². The first-order valence-corrected chi connectivity index (χ1v) is 6.88. The lowest BCUT2D eigenvalue weighted by Crippen LogP contribution is -2.24. The van der Waals surface area contributed by atoms with E-state index in [1.807, 2.05) is 12.1 Å². The van der Waals surface area contributed by atoms with Crippen LogP contribution in [-0.4, -0.2) is 17.3 Å². The average Bonchev–Trinajstić information content (AvgIpc) is 2.94.